The quantitative estimate of drug-likeness (QED) is 0.729. The lowest BCUT2D eigenvalue weighted by molar-refractivity contribution is -0.158. The van der Waals surface area contributed by atoms with Crippen molar-refractivity contribution in [3.63, 3.8) is 0 Å². The van der Waals surface area contributed by atoms with E-state index in [9.17, 15) is 13.2 Å². The normalized spacial score (nSPS) is 24.6. The van der Waals surface area contributed by atoms with E-state index < -0.39 is 17.1 Å². The summed E-state index contributed by atoms with van der Waals surface area (Å²) >= 11 is 4.44. The van der Waals surface area contributed by atoms with E-state index in [1.54, 1.807) is 4.90 Å². The van der Waals surface area contributed by atoms with Crippen molar-refractivity contribution in [3.8, 4) is 0 Å². The minimum atomic E-state index is -4.39. The van der Waals surface area contributed by atoms with Gasteiger partial charge in [-0.15, -0.1) is 0 Å². The number of aliphatic hydroxyl groups excluding tert-OH is 1. The van der Waals surface area contributed by atoms with Crippen LogP contribution in [-0.4, -0.2) is 47.4 Å². The van der Waals surface area contributed by atoms with E-state index in [0.29, 0.717) is 13.1 Å². The summed E-state index contributed by atoms with van der Waals surface area (Å²) in [6.07, 6.45) is -3.67. The first kappa shape index (κ1) is 13.7. The van der Waals surface area contributed by atoms with Gasteiger partial charge < -0.3 is 15.7 Å². The number of likely N-dealkylation sites (tertiary alicyclic amines) is 1. The van der Waals surface area contributed by atoms with Crippen molar-refractivity contribution in [1.82, 2.24) is 4.90 Å². The SMILES string of the molecule is NC(=S)C(CN1CCC(CO)C1)C(F)(F)F. The Morgan fingerprint density at radius 2 is 2.19 bits per heavy atom. The third-order valence-electron chi connectivity index (χ3n) is 2.81. The average Bonchev–Trinajstić information content (AvgIpc) is 2.59. The number of alkyl halides is 3. The van der Waals surface area contributed by atoms with Crippen LogP contribution >= 0.6 is 12.2 Å². The molecule has 1 heterocycles. The molecule has 2 unspecified atom stereocenters. The van der Waals surface area contributed by atoms with Crippen molar-refractivity contribution >= 4 is 17.2 Å². The molecule has 0 aromatic heterocycles. The third-order valence-corrected chi connectivity index (χ3v) is 3.09. The van der Waals surface area contributed by atoms with Gasteiger partial charge in [0.15, 0.2) is 0 Å². The zero-order valence-corrected chi connectivity index (χ0v) is 9.52. The molecule has 2 atom stereocenters. The van der Waals surface area contributed by atoms with Gasteiger partial charge in [-0.2, -0.15) is 13.2 Å². The molecule has 3 N–H and O–H groups in total. The predicted molar refractivity (Wildman–Crippen MR) is 58.0 cm³/mol. The molecule has 0 spiro atoms. The molecule has 1 saturated heterocycles. The average molecular weight is 256 g/mol. The summed E-state index contributed by atoms with van der Waals surface area (Å²) in [6, 6.07) is 0. The number of nitrogens with zero attached hydrogens (tertiary/aromatic N) is 1. The van der Waals surface area contributed by atoms with Crippen molar-refractivity contribution in [2.24, 2.45) is 17.6 Å². The van der Waals surface area contributed by atoms with Gasteiger partial charge in [-0.3, -0.25) is 0 Å². The van der Waals surface area contributed by atoms with Crippen LogP contribution in [0.15, 0.2) is 0 Å². The lowest BCUT2D eigenvalue weighted by atomic mass is 10.1. The van der Waals surface area contributed by atoms with Crippen molar-refractivity contribution in [3.05, 3.63) is 0 Å². The van der Waals surface area contributed by atoms with E-state index in [2.05, 4.69) is 12.2 Å². The van der Waals surface area contributed by atoms with Crippen LogP contribution in [0.2, 0.25) is 0 Å². The molecule has 0 aliphatic carbocycles. The van der Waals surface area contributed by atoms with Crippen molar-refractivity contribution in [2.45, 2.75) is 12.6 Å². The number of hydrogen-bond acceptors (Lipinski definition) is 3. The van der Waals surface area contributed by atoms with E-state index >= 15 is 0 Å². The van der Waals surface area contributed by atoms with Crippen LogP contribution in [0.5, 0.6) is 0 Å². The number of rotatable bonds is 4. The molecule has 1 aliphatic heterocycles. The number of hydrogen-bond donors (Lipinski definition) is 2. The Kier molecular flexibility index (Phi) is 4.52. The van der Waals surface area contributed by atoms with E-state index in [-0.39, 0.29) is 19.1 Å². The van der Waals surface area contributed by atoms with E-state index in [4.69, 9.17) is 10.8 Å². The molecule has 0 amide bonds. The highest BCUT2D eigenvalue weighted by Crippen LogP contribution is 2.29. The molecule has 0 aromatic rings. The molecule has 0 aromatic carbocycles. The fraction of sp³-hybridized carbons (Fsp3) is 0.889. The Bertz CT molecular complexity index is 260. The summed E-state index contributed by atoms with van der Waals surface area (Å²) in [4.78, 5) is 1.14. The molecule has 1 aliphatic rings. The molecule has 3 nitrogen and oxygen atoms in total. The summed E-state index contributed by atoms with van der Waals surface area (Å²) in [7, 11) is 0. The van der Waals surface area contributed by atoms with Gasteiger partial charge in [0, 0.05) is 19.7 Å². The maximum absolute atomic E-state index is 12.6. The van der Waals surface area contributed by atoms with Crippen LogP contribution in [0.25, 0.3) is 0 Å². The topological polar surface area (TPSA) is 49.5 Å². The van der Waals surface area contributed by atoms with Gasteiger partial charge in [-0.25, -0.2) is 0 Å². The van der Waals surface area contributed by atoms with Gasteiger partial charge in [0.2, 0.25) is 0 Å². The Labute approximate surface area is 97.4 Å². The van der Waals surface area contributed by atoms with Crippen molar-refractivity contribution < 1.29 is 18.3 Å². The van der Waals surface area contributed by atoms with Gasteiger partial charge in [-0.05, 0) is 18.9 Å². The standard InChI is InChI=1S/C9H15F3N2OS/c10-9(11,12)7(8(13)16)4-14-2-1-6(3-14)5-15/h6-7,15H,1-5H2,(H2,13,16). The molecule has 0 bridgehead atoms. The van der Waals surface area contributed by atoms with Crippen LogP contribution in [0.1, 0.15) is 6.42 Å². The van der Waals surface area contributed by atoms with Gasteiger partial charge in [-0.1, -0.05) is 12.2 Å². The summed E-state index contributed by atoms with van der Waals surface area (Å²) < 4.78 is 37.7. The van der Waals surface area contributed by atoms with Crippen LogP contribution in [0, 0.1) is 11.8 Å². The number of aliphatic hydroxyl groups is 1. The molecular weight excluding hydrogens is 241 g/mol. The first-order valence-corrected chi connectivity index (χ1v) is 5.44. The highest BCUT2D eigenvalue weighted by atomic mass is 32.1. The second-order valence-corrected chi connectivity index (χ2v) is 4.56. The Morgan fingerprint density at radius 1 is 1.56 bits per heavy atom. The minimum absolute atomic E-state index is 0.0141. The van der Waals surface area contributed by atoms with Gasteiger partial charge >= 0.3 is 6.18 Å². The fourth-order valence-electron chi connectivity index (χ4n) is 1.84. The fourth-order valence-corrected chi connectivity index (χ4v) is 2.05. The minimum Gasteiger partial charge on any atom is -0.396 e. The molecule has 1 rings (SSSR count). The van der Waals surface area contributed by atoms with E-state index in [1.807, 2.05) is 0 Å². The van der Waals surface area contributed by atoms with Crippen molar-refractivity contribution in [2.75, 3.05) is 26.2 Å². The highest BCUT2D eigenvalue weighted by molar-refractivity contribution is 7.80. The summed E-state index contributed by atoms with van der Waals surface area (Å²) in [5.41, 5.74) is 5.10. The maximum Gasteiger partial charge on any atom is 0.399 e. The van der Waals surface area contributed by atoms with Crippen LogP contribution in [-0.2, 0) is 0 Å². The lowest BCUT2D eigenvalue weighted by Crippen LogP contribution is -2.43. The zero-order valence-electron chi connectivity index (χ0n) is 8.70. The second-order valence-electron chi connectivity index (χ2n) is 4.09. The van der Waals surface area contributed by atoms with Gasteiger partial charge in [0.05, 0.1) is 4.99 Å². The number of nitrogens with two attached hydrogens (primary N) is 1. The van der Waals surface area contributed by atoms with E-state index in [1.165, 1.54) is 0 Å². The highest BCUT2D eigenvalue weighted by Gasteiger charge is 2.43. The number of thiocarbonyl (C=S) groups is 1. The largest absolute Gasteiger partial charge is 0.399 e. The summed E-state index contributed by atoms with van der Waals surface area (Å²) in [5.74, 6) is -1.68. The molecule has 7 heteroatoms. The first-order chi connectivity index (χ1) is 7.34. The monoisotopic (exact) mass is 256 g/mol. The van der Waals surface area contributed by atoms with Crippen LogP contribution in [0.3, 0.4) is 0 Å². The Morgan fingerprint density at radius 3 is 2.56 bits per heavy atom. The van der Waals surface area contributed by atoms with Crippen molar-refractivity contribution in [1.29, 1.82) is 0 Å². The summed E-state index contributed by atoms with van der Waals surface area (Å²) in [5, 5.41) is 8.89. The third kappa shape index (κ3) is 3.57. The maximum atomic E-state index is 12.6. The second kappa shape index (κ2) is 5.29. The lowest BCUT2D eigenvalue weighted by Gasteiger charge is -2.24. The molecule has 0 radical (unpaired) electrons. The smallest absolute Gasteiger partial charge is 0.396 e. The zero-order chi connectivity index (χ0) is 12.3. The van der Waals surface area contributed by atoms with E-state index in [0.717, 1.165) is 6.42 Å². The Balaban J connectivity index is 2.54. The molecular formula is C9H15F3N2OS. The molecule has 1 fully saturated rings. The predicted octanol–water partition coefficient (Wildman–Crippen LogP) is 0.765. The van der Waals surface area contributed by atoms with Crippen LogP contribution < -0.4 is 5.73 Å². The van der Waals surface area contributed by atoms with Crippen LogP contribution in [0.4, 0.5) is 13.2 Å². The molecule has 94 valence electrons. The van der Waals surface area contributed by atoms with Gasteiger partial charge in [0.1, 0.15) is 5.92 Å². The van der Waals surface area contributed by atoms with Gasteiger partial charge in [0.25, 0.3) is 0 Å². The first-order valence-electron chi connectivity index (χ1n) is 5.04. The molecule has 0 saturated carbocycles. The number of halogens is 3. The summed E-state index contributed by atoms with van der Waals surface area (Å²) in [6.45, 7) is 0.849. The Hall–Kier alpha value is -0.400. The molecule has 16 heavy (non-hydrogen) atoms.